The van der Waals surface area contributed by atoms with Crippen molar-refractivity contribution in [3.8, 4) is 0 Å². The molecule has 2 aromatic carbocycles. The summed E-state index contributed by atoms with van der Waals surface area (Å²) in [4.78, 5) is 21.7. The Morgan fingerprint density at radius 2 is 1.42 bits per heavy atom. The fourth-order valence-corrected chi connectivity index (χ4v) is 2.70. The second-order valence-electron chi connectivity index (χ2n) is 5.35. The minimum absolute atomic E-state index is 0.168. The number of aldehydes is 1. The number of rotatable bonds is 6. The van der Waals surface area contributed by atoms with Crippen LogP contribution in [0, 0.1) is 0 Å². The third-order valence-corrected chi connectivity index (χ3v) is 3.97. The third-order valence-electron chi connectivity index (χ3n) is 3.66. The predicted octanol–water partition coefficient (Wildman–Crippen LogP) is 4.15. The van der Waals surface area contributed by atoms with E-state index in [0.717, 1.165) is 11.1 Å². The lowest BCUT2D eigenvalue weighted by atomic mass is 10.1. The van der Waals surface area contributed by atoms with Crippen LogP contribution in [0.2, 0.25) is 5.15 Å². The van der Waals surface area contributed by atoms with Crippen LogP contribution in [0.3, 0.4) is 0 Å². The highest BCUT2D eigenvalue weighted by atomic mass is 35.5. The normalized spacial score (nSPS) is 10.4. The first-order valence-electron chi connectivity index (χ1n) is 7.56. The molecule has 0 fully saturated rings. The number of nitrogens with zero attached hydrogens (tertiary/aromatic N) is 3. The molecule has 1 heterocycles. The molecule has 0 aliphatic carbocycles. The van der Waals surface area contributed by atoms with Gasteiger partial charge in [-0.15, -0.1) is 0 Å². The molecule has 0 bridgehead atoms. The predicted molar refractivity (Wildman–Crippen MR) is 95.2 cm³/mol. The zero-order valence-electron chi connectivity index (χ0n) is 13.0. The number of carbonyl (C=O) groups excluding carboxylic acids is 1. The Balaban J connectivity index is 1.98. The van der Waals surface area contributed by atoms with Crippen LogP contribution in [-0.2, 0) is 13.1 Å². The highest BCUT2D eigenvalue weighted by molar-refractivity contribution is 6.32. The van der Waals surface area contributed by atoms with Gasteiger partial charge in [-0.05, 0) is 11.1 Å². The maximum Gasteiger partial charge on any atom is 0.156 e. The van der Waals surface area contributed by atoms with E-state index in [2.05, 4.69) is 9.97 Å². The molecular weight excluding hydrogens is 322 g/mol. The molecule has 5 heteroatoms. The summed E-state index contributed by atoms with van der Waals surface area (Å²) in [6.07, 6.45) is 2.09. The fraction of sp³-hybridized carbons (Fsp3) is 0.105. The van der Waals surface area contributed by atoms with Crippen molar-refractivity contribution in [1.82, 2.24) is 9.97 Å². The van der Waals surface area contributed by atoms with Gasteiger partial charge in [-0.25, -0.2) is 9.97 Å². The molecule has 120 valence electrons. The van der Waals surface area contributed by atoms with Gasteiger partial charge >= 0.3 is 0 Å². The van der Waals surface area contributed by atoms with Gasteiger partial charge in [0.05, 0.1) is 5.56 Å². The molecule has 4 nitrogen and oxygen atoms in total. The van der Waals surface area contributed by atoms with E-state index in [-0.39, 0.29) is 5.15 Å². The molecule has 0 N–H and O–H groups in total. The van der Waals surface area contributed by atoms with Gasteiger partial charge < -0.3 is 4.90 Å². The largest absolute Gasteiger partial charge is 0.347 e. The SMILES string of the molecule is O=Cc1c(Cl)ncnc1N(Cc1ccccc1)Cc1ccccc1. The van der Waals surface area contributed by atoms with Crippen molar-refractivity contribution in [3.63, 3.8) is 0 Å². The van der Waals surface area contributed by atoms with Crippen LogP contribution in [0.25, 0.3) is 0 Å². The number of halogens is 1. The maximum absolute atomic E-state index is 11.5. The second kappa shape index (κ2) is 7.70. The lowest BCUT2D eigenvalue weighted by Crippen LogP contribution is -2.24. The van der Waals surface area contributed by atoms with Crippen molar-refractivity contribution >= 4 is 23.7 Å². The first-order valence-corrected chi connectivity index (χ1v) is 7.94. The molecule has 1 aromatic heterocycles. The highest BCUT2D eigenvalue weighted by Crippen LogP contribution is 2.24. The second-order valence-corrected chi connectivity index (χ2v) is 5.70. The molecule has 0 saturated heterocycles. The van der Waals surface area contributed by atoms with Crippen molar-refractivity contribution in [1.29, 1.82) is 0 Å². The van der Waals surface area contributed by atoms with E-state index in [1.165, 1.54) is 6.33 Å². The molecule has 0 saturated carbocycles. The number of aromatic nitrogens is 2. The molecule has 0 amide bonds. The van der Waals surface area contributed by atoms with Gasteiger partial charge in [0.25, 0.3) is 0 Å². The van der Waals surface area contributed by atoms with Gasteiger partial charge in [-0.1, -0.05) is 72.3 Å². The minimum atomic E-state index is 0.168. The van der Waals surface area contributed by atoms with Crippen LogP contribution in [0.15, 0.2) is 67.0 Å². The Morgan fingerprint density at radius 1 is 0.875 bits per heavy atom. The Bertz CT molecular complexity index is 768. The molecular formula is C19H16ClN3O. The van der Waals surface area contributed by atoms with Gasteiger partial charge in [-0.2, -0.15) is 0 Å². The number of carbonyl (C=O) groups is 1. The van der Waals surface area contributed by atoms with Crippen LogP contribution in [-0.4, -0.2) is 16.3 Å². The molecule has 0 spiro atoms. The number of anilines is 1. The zero-order chi connectivity index (χ0) is 16.8. The standard InChI is InChI=1S/C19H16ClN3O/c20-18-17(13-24)19(22-14-21-18)23(11-15-7-3-1-4-8-15)12-16-9-5-2-6-10-16/h1-10,13-14H,11-12H2. The summed E-state index contributed by atoms with van der Waals surface area (Å²) in [7, 11) is 0. The summed E-state index contributed by atoms with van der Waals surface area (Å²) >= 11 is 6.07. The summed E-state index contributed by atoms with van der Waals surface area (Å²) in [6.45, 7) is 1.23. The quantitative estimate of drug-likeness (QED) is 0.500. The van der Waals surface area contributed by atoms with Gasteiger partial charge in [0.15, 0.2) is 6.29 Å². The van der Waals surface area contributed by atoms with Crippen molar-refractivity contribution in [3.05, 3.63) is 88.8 Å². The molecule has 0 atom stereocenters. The highest BCUT2D eigenvalue weighted by Gasteiger charge is 2.17. The number of hydrogen-bond donors (Lipinski definition) is 0. The number of benzene rings is 2. The molecule has 0 aliphatic rings. The maximum atomic E-state index is 11.5. The van der Waals surface area contributed by atoms with E-state index in [9.17, 15) is 4.79 Å². The van der Waals surface area contributed by atoms with Crippen LogP contribution in [0.5, 0.6) is 0 Å². The Labute approximate surface area is 145 Å². The summed E-state index contributed by atoms with van der Waals surface area (Å²) in [5.74, 6) is 0.540. The molecule has 24 heavy (non-hydrogen) atoms. The molecule has 0 unspecified atom stereocenters. The Kier molecular flexibility index (Phi) is 5.18. The summed E-state index contributed by atoms with van der Waals surface area (Å²) < 4.78 is 0. The Morgan fingerprint density at radius 3 is 1.92 bits per heavy atom. The summed E-state index contributed by atoms with van der Waals surface area (Å²) in [5, 5.41) is 0.168. The van der Waals surface area contributed by atoms with Gasteiger partial charge in [0.1, 0.15) is 17.3 Å². The van der Waals surface area contributed by atoms with Crippen LogP contribution < -0.4 is 4.90 Å². The topological polar surface area (TPSA) is 46.1 Å². The zero-order valence-corrected chi connectivity index (χ0v) is 13.7. The molecule has 3 aromatic rings. The lowest BCUT2D eigenvalue weighted by molar-refractivity contribution is 0.112. The molecule has 0 radical (unpaired) electrons. The van der Waals surface area contributed by atoms with E-state index < -0.39 is 0 Å². The van der Waals surface area contributed by atoms with Crippen molar-refractivity contribution in [2.24, 2.45) is 0 Å². The average Bonchev–Trinajstić information content (AvgIpc) is 2.63. The monoisotopic (exact) mass is 337 g/mol. The smallest absolute Gasteiger partial charge is 0.156 e. The van der Waals surface area contributed by atoms with Crippen molar-refractivity contribution < 1.29 is 4.79 Å². The first kappa shape index (κ1) is 16.1. The van der Waals surface area contributed by atoms with Crippen LogP contribution in [0.1, 0.15) is 21.5 Å². The van der Waals surface area contributed by atoms with Gasteiger partial charge in [0, 0.05) is 13.1 Å². The lowest BCUT2D eigenvalue weighted by Gasteiger charge is -2.25. The summed E-state index contributed by atoms with van der Waals surface area (Å²) in [6, 6.07) is 20.1. The van der Waals surface area contributed by atoms with Crippen molar-refractivity contribution in [2.75, 3.05) is 4.90 Å². The Hall–Kier alpha value is -2.72. The van der Waals surface area contributed by atoms with E-state index in [4.69, 9.17) is 11.6 Å². The fourth-order valence-electron chi connectivity index (χ4n) is 2.53. The van der Waals surface area contributed by atoms with Crippen molar-refractivity contribution in [2.45, 2.75) is 13.1 Å². The van der Waals surface area contributed by atoms with E-state index in [1.807, 2.05) is 65.6 Å². The van der Waals surface area contributed by atoms with Crippen LogP contribution >= 0.6 is 11.6 Å². The van der Waals surface area contributed by atoms with E-state index >= 15 is 0 Å². The molecule has 3 rings (SSSR count). The summed E-state index contributed by atoms with van der Waals surface area (Å²) in [5.41, 5.74) is 2.56. The van der Waals surface area contributed by atoms with Gasteiger partial charge in [0.2, 0.25) is 0 Å². The van der Waals surface area contributed by atoms with Crippen LogP contribution in [0.4, 0.5) is 5.82 Å². The third kappa shape index (κ3) is 3.78. The average molecular weight is 338 g/mol. The number of hydrogen-bond acceptors (Lipinski definition) is 4. The van der Waals surface area contributed by atoms with E-state index in [0.29, 0.717) is 30.8 Å². The first-order chi connectivity index (χ1) is 11.8. The molecule has 0 aliphatic heterocycles. The van der Waals surface area contributed by atoms with E-state index in [1.54, 1.807) is 0 Å². The van der Waals surface area contributed by atoms with Gasteiger partial charge in [-0.3, -0.25) is 4.79 Å². The minimum Gasteiger partial charge on any atom is -0.347 e.